The third kappa shape index (κ3) is 2.24. The highest BCUT2D eigenvalue weighted by atomic mass is 79.9. The van der Waals surface area contributed by atoms with Gasteiger partial charge in [0.15, 0.2) is 0 Å². The van der Waals surface area contributed by atoms with Crippen molar-refractivity contribution in [2.75, 3.05) is 5.33 Å². The van der Waals surface area contributed by atoms with Gasteiger partial charge in [-0.1, -0.05) is 33.6 Å². The smallest absolute Gasteiger partial charge is 0.248 e. The molecule has 0 saturated carbocycles. The number of nitrogens with one attached hydrogen (secondary N) is 1. The summed E-state index contributed by atoms with van der Waals surface area (Å²) in [5.74, 6) is 0. The van der Waals surface area contributed by atoms with Gasteiger partial charge in [0, 0.05) is 21.8 Å². The molecule has 0 saturated heterocycles. The average molecular weight is 287 g/mol. The third-order valence-electron chi connectivity index (χ3n) is 2.25. The van der Waals surface area contributed by atoms with E-state index in [0.717, 1.165) is 28.2 Å². The number of pyridine rings is 1. The number of rotatable bonds is 2. The van der Waals surface area contributed by atoms with Gasteiger partial charge in [-0.2, -0.15) is 0 Å². The van der Waals surface area contributed by atoms with Gasteiger partial charge in [-0.05, 0) is 24.1 Å². The Labute approximate surface area is 100 Å². The maximum atomic E-state index is 11.4. The molecule has 1 heterocycles. The first kappa shape index (κ1) is 10.7. The molecule has 0 aliphatic rings. The Balaban J connectivity index is 2.74. The van der Waals surface area contributed by atoms with E-state index < -0.39 is 0 Å². The van der Waals surface area contributed by atoms with Crippen LogP contribution in [-0.4, -0.2) is 10.3 Å². The van der Waals surface area contributed by atoms with Crippen LogP contribution in [0.2, 0.25) is 5.02 Å². The minimum atomic E-state index is -0.0827. The van der Waals surface area contributed by atoms with Crippen molar-refractivity contribution in [2.45, 2.75) is 6.42 Å². The fraction of sp³-hybridized carbons (Fsp3) is 0.182. The van der Waals surface area contributed by atoms with Crippen LogP contribution in [0.5, 0.6) is 0 Å². The summed E-state index contributed by atoms with van der Waals surface area (Å²) in [5, 5.41) is 2.53. The summed E-state index contributed by atoms with van der Waals surface area (Å²) in [7, 11) is 0. The Kier molecular flexibility index (Phi) is 3.12. The van der Waals surface area contributed by atoms with Gasteiger partial charge in [0.25, 0.3) is 0 Å². The molecule has 0 spiro atoms. The Morgan fingerprint density at radius 1 is 1.33 bits per heavy atom. The van der Waals surface area contributed by atoms with Crippen LogP contribution < -0.4 is 5.56 Å². The molecule has 2 rings (SSSR count). The highest BCUT2D eigenvalue weighted by molar-refractivity contribution is 9.09. The zero-order chi connectivity index (χ0) is 10.8. The number of fused-ring (bicyclic) bond motifs is 1. The molecule has 0 aliphatic heterocycles. The minimum absolute atomic E-state index is 0.0827. The fourth-order valence-corrected chi connectivity index (χ4v) is 2.21. The number of halogens is 2. The van der Waals surface area contributed by atoms with E-state index in [2.05, 4.69) is 20.9 Å². The van der Waals surface area contributed by atoms with Crippen LogP contribution in [0.15, 0.2) is 29.1 Å². The summed E-state index contributed by atoms with van der Waals surface area (Å²) >= 11 is 9.24. The van der Waals surface area contributed by atoms with E-state index in [0.29, 0.717) is 5.02 Å². The lowest BCUT2D eigenvalue weighted by atomic mass is 10.1. The molecule has 15 heavy (non-hydrogen) atoms. The highest BCUT2D eigenvalue weighted by Gasteiger charge is 2.03. The normalized spacial score (nSPS) is 10.8. The van der Waals surface area contributed by atoms with Gasteiger partial charge in [0.05, 0.1) is 5.52 Å². The van der Waals surface area contributed by atoms with Crippen molar-refractivity contribution in [1.82, 2.24) is 4.98 Å². The molecule has 4 heteroatoms. The van der Waals surface area contributed by atoms with Crippen LogP contribution in [0.4, 0.5) is 0 Å². The largest absolute Gasteiger partial charge is 0.322 e. The molecule has 0 aliphatic carbocycles. The highest BCUT2D eigenvalue weighted by Crippen LogP contribution is 2.20. The number of alkyl halides is 1. The first-order chi connectivity index (χ1) is 7.20. The van der Waals surface area contributed by atoms with E-state index in [1.54, 1.807) is 12.1 Å². The van der Waals surface area contributed by atoms with E-state index in [1.807, 2.05) is 12.1 Å². The molecule has 78 valence electrons. The molecule has 1 aromatic carbocycles. The van der Waals surface area contributed by atoms with Crippen molar-refractivity contribution in [3.63, 3.8) is 0 Å². The number of hydrogen-bond acceptors (Lipinski definition) is 1. The van der Waals surface area contributed by atoms with Crippen LogP contribution >= 0.6 is 27.5 Å². The van der Waals surface area contributed by atoms with E-state index >= 15 is 0 Å². The second kappa shape index (κ2) is 4.37. The zero-order valence-corrected chi connectivity index (χ0v) is 10.2. The topological polar surface area (TPSA) is 32.9 Å². The molecule has 0 amide bonds. The number of hydrogen-bond donors (Lipinski definition) is 1. The molecule has 2 nitrogen and oxygen atoms in total. The lowest BCUT2D eigenvalue weighted by molar-refractivity contribution is 1.16. The molecule has 1 N–H and O–H groups in total. The molecule has 0 atom stereocenters. The van der Waals surface area contributed by atoms with Crippen molar-refractivity contribution in [1.29, 1.82) is 0 Å². The van der Waals surface area contributed by atoms with Gasteiger partial charge in [-0.3, -0.25) is 4.79 Å². The maximum absolute atomic E-state index is 11.4. The molecule has 1 aromatic heterocycles. The van der Waals surface area contributed by atoms with Crippen molar-refractivity contribution in [3.05, 3.63) is 45.2 Å². The predicted molar refractivity (Wildman–Crippen MR) is 67.1 cm³/mol. The Morgan fingerprint density at radius 3 is 2.87 bits per heavy atom. The Morgan fingerprint density at radius 2 is 2.13 bits per heavy atom. The van der Waals surface area contributed by atoms with E-state index in [4.69, 9.17) is 11.6 Å². The fourth-order valence-electron chi connectivity index (χ4n) is 1.61. The summed E-state index contributed by atoms with van der Waals surface area (Å²) < 4.78 is 0. The third-order valence-corrected chi connectivity index (χ3v) is 2.89. The summed E-state index contributed by atoms with van der Waals surface area (Å²) in [6.45, 7) is 0. The second-order valence-electron chi connectivity index (χ2n) is 3.29. The van der Waals surface area contributed by atoms with E-state index in [9.17, 15) is 4.79 Å². The number of aromatic amines is 1. The monoisotopic (exact) mass is 285 g/mol. The molecule has 0 bridgehead atoms. The minimum Gasteiger partial charge on any atom is -0.322 e. The second-order valence-corrected chi connectivity index (χ2v) is 4.52. The van der Waals surface area contributed by atoms with Gasteiger partial charge in [0.1, 0.15) is 0 Å². The Hall–Kier alpha value is -0.800. The average Bonchev–Trinajstić information content (AvgIpc) is 2.17. The SMILES string of the molecule is O=c1cc(CCBr)c2ccc(Cl)cc2[nH]1. The van der Waals surface area contributed by atoms with Crippen molar-refractivity contribution >= 4 is 38.4 Å². The predicted octanol–water partition coefficient (Wildman–Crippen LogP) is 3.12. The van der Waals surface area contributed by atoms with Crippen LogP contribution in [0.3, 0.4) is 0 Å². The van der Waals surface area contributed by atoms with Crippen molar-refractivity contribution < 1.29 is 0 Å². The first-order valence-corrected chi connectivity index (χ1v) is 6.08. The Bertz CT molecular complexity index is 550. The van der Waals surface area contributed by atoms with Crippen LogP contribution in [0, 0.1) is 0 Å². The summed E-state index contributed by atoms with van der Waals surface area (Å²) in [6, 6.07) is 7.18. The first-order valence-electron chi connectivity index (χ1n) is 4.58. The van der Waals surface area contributed by atoms with Gasteiger partial charge in [-0.25, -0.2) is 0 Å². The molecule has 0 radical (unpaired) electrons. The molecular weight excluding hydrogens is 277 g/mol. The van der Waals surface area contributed by atoms with Gasteiger partial charge in [-0.15, -0.1) is 0 Å². The number of H-pyrrole nitrogens is 1. The molecular formula is C11H9BrClNO. The van der Waals surface area contributed by atoms with Crippen LogP contribution in [0.25, 0.3) is 10.9 Å². The maximum Gasteiger partial charge on any atom is 0.248 e. The van der Waals surface area contributed by atoms with Gasteiger partial charge >= 0.3 is 0 Å². The zero-order valence-electron chi connectivity index (χ0n) is 7.89. The standard InChI is InChI=1S/C11H9BrClNO/c12-4-3-7-5-11(15)14-10-6-8(13)1-2-9(7)10/h1-2,5-6H,3-4H2,(H,14,15). The number of aromatic nitrogens is 1. The lowest BCUT2D eigenvalue weighted by Crippen LogP contribution is -2.06. The molecule has 0 fully saturated rings. The van der Waals surface area contributed by atoms with Crippen LogP contribution in [-0.2, 0) is 6.42 Å². The number of aryl methyl sites for hydroxylation is 1. The molecule has 2 aromatic rings. The number of benzene rings is 1. The summed E-state index contributed by atoms with van der Waals surface area (Å²) in [5.41, 5.74) is 1.76. The van der Waals surface area contributed by atoms with E-state index in [1.165, 1.54) is 0 Å². The van der Waals surface area contributed by atoms with Crippen molar-refractivity contribution in [2.24, 2.45) is 0 Å². The lowest BCUT2D eigenvalue weighted by Gasteiger charge is -2.04. The van der Waals surface area contributed by atoms with E-state index in [-0.39, 0.29) is 5.56 Å². The van der Waals surface area contributed by atoms with Crippen LogP contribution in [0.1, 0.15) is 5.56 Å². The summed E-state index contributed by atoms with van der Waals surface area (Å²) in [4.78, 5) is 14.2. The molecule has 0 unspecified atom stereocenters. The van der Waals surface area contributed by atoms with Crippen molar-refractivity contribution in [3.8, 4) is 0 Å². The van der Waals surface area contributed by atoms with Gasteiger partial charge in [0.2, 0.25) is 5.56 Å². The summed E-state index contributed by atoms with van der Waals surface area (Å²) in [6.07, 6.45) is 0.835. The van der Waals surface area contributed by atoms with Gasteiger partial charge < -0.3 is 4.98 Å². The quantitative estimate of drug-likeness (QED) is 0.845.